The number of amides is 1. The van der Waals surface area contributed by atoms with Crippen LogP contribution in [0.2, 0.25) is 0 Å². The van der Waals surface area contributed by atoms with Crippen LogP contribution in [0.1, 0.15) is 12.8 Å². The number of carbonyl (C=O) groups excluding carboxylic acids is 1. The van der Waals surface area contributed by atoms with Gasteiger partial charge in [0, 0.05) is 0 Å². The van der Waals surface area contributed by atoms with E-state index in [1.165, 1.54) is 5.32 Å². The van der Waals surface area contributed by atoms with E-state index in [1.54, 1.807) is 0 Å². The molecule has 2 N–H and O–H groups in total. The van der Waals surface area contributed by atoms with Crippen molar-refractivity contribution in [1.82, 2.24) is 5.32 Å². The van der Waals surface area contributed by atoms with Crippen molar-refractivity contribution in [2.24, 2.45) is 0 Å². The summed E-state index contributed by atoms with van der Waals surface area (Å²) in [5.74, 6) is -9.85. The summed E-state index contributed by atoms with van der Waals surface area (Å²) in [5.41, 5.74) is -1.97. The van der Waals surface area contributed by atoms with E-state index in [2.05, 4.69) is 0 Å². The number of carboxylic acid groups (broad SMARTS) is 1. The zero-order chi connectivity index (χ0) is 12.8. The summed E-state index contributed by atoms with van der Waals surface area (Å²) >= 11 is 0. The van der Waals surface area contributed by atoms with Crippen molar-refractivity contribution in [1.29, 1.82) is 0 Å². The number of hydrogen-bond acceptors (Lipinski definition) is 2. The topological polar surface area (TPSA) is 66.4 Å². The minimum atomic E-state index is -6.04. The minimum Gasteiger partial charge on any atom is -0.480 e. The number of nitrogens with one attached hydrogen (secondary N) is 1. The van der Waals surface area contributed by atoms with Crippen LogP contribution in [0.3, 0.4) is 0 Å². The van der Waals surface area contributed by atoms with Crippen LogP contribution >= 0.6 is 0 Å². The van der Waals surface area contributed by atoms with E-state index in [9.17, 15) is 31.5 Å². The molecule has 1 amide bonds. The predicted molar refractivity (Wildman–Crippen MR) is 38.7 cm³/mol. The normalized spacial score (nSPS) is 19.1. The Morgan fingerprint density at radius 3 is 1.81 bits per heavy atom. The first-order chi connectivity index (χ1) is 7.03. The predicted octanol–water partition coefficient (Wildman–Crippen LogP) is 0.917. The molecule has 0 unspecified atom stereocenters. The highest BCUT2D eigenvalue weighted by Gasteiger charge is 2.66. The molecule has 92 valence electrons. The molecule has 4 nitrogen and oxygen atoms in total. The smallest absolute Gasteiger partial charge is 0.463 e. The van der Waals surface area contributed by atoms with Crippen LogP contribution in [0.4, 0.5) is 22.0 Å². The number of carboxylic acids is 1. The summed E-state index contributed by atoms with van der Waals surface area (Å²) in [5, 5.41) is 9.69. The monoisotopic (exact) mass is 247 g/mol. The Balaban J connectivity index is 2.77. The molecule has 9 heteroatoms. The molecule has 1 fully saturated rings. The van der Waals surface area contributed by atoms with Crippen molar-refractivity contribution in [2.45, 2.75) is 30.5 Å². The van der Waals surface area contributed by atoms with Crippen molar-refractivity contribution in [2.75, 3.05) is 0 Å². The average molecular weight is 247 g/mol. The number of alkyl halides is 5. The molecule has 0 aromatic rings. The number of rotatable bonds is 3. The molecule has 1 saturated carbocycles. The SMILES string of the molecule is O=C(O)C1(NC(=O)C(F)(F)C(F)(F)F)CC1. The highest BCUT2D eigenvalue weighted by molar-refractivity contribution is 5.92. The average Bonchev–Trinajstić information content (AvgIpc) is 2.83. The molecular formula is C7H6F5NO3. The second-order valence-corrected chi connectivity index (χ2v) is 3.41. The van der Waals surface area contributed by atoms with Crippen LogP contribution in [0, 0.1) is 0 Å². The Kier molecular flexibility index (Phi) is 2.60. The first kappa shape index (κ1) is 12.7. The summed E-state index contributed by atoms with van der Waals surface area (Å²) in [4.78, 5) is 21.1. The Bertz CT molecular complexity index is 333. The maximum Gasteiger partial charge on any atom is 0.463 e. The quantitative estimate of drug-likeness (QED) is 0.728. The van der Waals surface area contributed by atoms with E-state index in [0.717, 1.165) is 0 Å². The molecule has 1 aliphatic rings. The minimum absolute atomic E-state index is 0.165. The van der Waals surface area contributed by atoms with Gasteiger partial charge in [-0.25, -0.2) is 4.79 Å². The Morgan fingerprint density at radius 1 is 1.12 bits per heavy atom. The number of halogens is 5. The van der Waals surface area contributed by atoms with Gasteiger partial charge in [-0.15, -0.1) is 0 Å². The van der Waals surface area contributed by atoms with E-state index in [0.29, 0.717) is 0 Å². The Hall–Kier alpha value is -1.41. The van der Waals surface area contributed by atoms with Crippen molar-refractivity contribution in [3.05, 3.63) is 0 Å². The fourth-order valence-electron chi connectivity index (χ4n) is 0.942. The van der Waals surface area contributed by atoms with Crippen molar-refractivity contribution in [3.63, 3.8) is 0 Å². The number of carbonyl (C=O) groups is 2. The first-order valence-electron chi connectivity index (χ1n) is 4.03. The van der Waals surface area contributed by atoms with Gasteiger partial charge in [0.1, 0.15) is 5.54 Å². The highest BCUT2D eigenvalue weighted by Crippen LogP contribution is 2.40. The Labute approximate surface area is 85.4 Å². The maximum atomic E-state index is 12.4. The van der Waals surface area contributed by atoms with Gasteiger partial charge in [-0.1, -0.05) is 0 Å². The Morgan fingerprint density at radius 2 is 1.56 bits per heavy atom. The van der Waals surface area contributed by atoms with Gasteiger partial charge in [-0.3, -0.25) is 4.79 Å². The van der Waals surface area contributed by atoms with E-state index >= 15 is 0 Å². The van der Waals surface area contributed by atoms with E-state index < -0.39 is 29.5 Å². The fourth-order valence-corrected chi connectivity index (χ4v) is 0.942. The zero-order valence-electron chi connectivity index (χ0n) is 7.57. The third kappa shape index (κ3) is 1.93. The van der Waals surface area contributed by atoms with Gasteiger partial charge in [0.25, 0.3) is 0 Å². The van der Waals surface area contributed by atoms with Gasteiger partial charge in [-0.2, -0.15) is 22.0 Å². The van der Waals surface area contributed by atoms with Crippen LogP contribution in [-0.4, -0.2) is 34.6 Å². The summed E-state index contributed by atoms with van der Waals surface area (Å²) in [6, 6.07) is 0. The number of hydrogen-bond donors (Lipinski definition) is 2. The molecule has 0 aromatic heterocycles. The second-order valence-electron chi connectivity index (χ2n) is 3.41. The third-order valence-corrected chi connectivity index (χ3v) is 2.15. The van der Waals surface area contributed by atoms with E-state index in [1.807, 2.05) is 0 Å². The highest BCUT2D eigenvalue weighted by atomic mass is 19.4. The molecule has 0 heterocycles. The molecule has 1 aliphatic carbocycles. The van der Waals surface area contributed by atoms with E-state index in [-0.39, 0.29) is 12.8 Å². The maximum absolute atomic E-state index is 12.4. The molecule has 0 radical (unpaired) electrons. The molecule has 0 aromatic carbocycles. The summed E-state index contributed by atoms with van der Waals surface area (Å²) in [6.07, 6.45) is -6.37. The lowest BCUT2D eigenvalue weighted by molar-refractivity contribution is -0.270. The number of aliphatic carboxylic acids is 1. The van der Waals surface area contributed by atoms with Crippen LogP contribution in [0.5, 0.6) is 0 Å². The largest absolute Gasteiger partial charge is 0.480 e. The molecule has 16 heavy (non-hydrogen) atoms. The molecule has 1 rings (SSSR count). The molecular weight excluding hydrogens is 241 g/mol. The first-order valence-corrected chi connectivity index (χ1v) is 4.03. The van der Waals surface area contributed by atoms with Gasteiger partial charge in [0.15, 0.2) is 0 Å². The molecule has 0 spiro atoms. The van der Waals surface area contributed by atoms with Crippen LogP contribution in [-0.2, 0) is 9.59 Å². The van der Waals surface area contributed by atoms with Crippen LogP contribution in [0.15, 0.2) is 0 Å². The molecule has 0 saturated heterocycles. The molecule has 0 atom stereocenters. The zero-order valence-corrected chi connectivity index (χ0v) is 7.57. The van der Waals surface area contributed by atoms with Gasteiger partial charge in [-0.05, 0) is 12.8 Å². The van der Waals surface area contributed by atoms with Gasteiger partial charge < -0.3 is 10.4 Å². The van der Waals surface area contributed by atoms with Crippen LogP contribution in [0.25, 0.3) is 0 Å². The van der Waals surface area contributed by atoms with Crippen molar-refractivity contribution >= 4 is 11.9 Å². The second kappa shape index (κ2) is 3.29. The summed E-state index contributed by atoms with van der Waals surface area (Å²) in [7, 11) is 0. The lowest BCUT2D eigenvalue weighted by atomic mass is 10.2. The van der Waals surface area contributed by atoms with Gasteiger partial charge in [0.2, 0.25) is 0 Å². The fraction of sp³-hybridized carbons (Fsp3) is 0.714. The third-order valence-electron chi connectivity index (χ3n) is 2.15. The van der Waals surface area contributed by atoms with Crippen LogP contribution < -0.4 is 5.32 Å². The standard InChI is InChI=1S/C7H6F5NO3/c8-6(9,7(10,11)12)3(14)13-5(1-2-5)4(15)16/h1-2H2,(H,13,14)(H,15,16). The van der Waals surface area contributed by atoms with E-state index in [4.69, 9.17) is 5.11 Å². The summed E-state index contributed by atoms with van der Waals surface area (Å²) < 4.78 is 60.0. The lowest BCUT2D eigenvalue weighted by Crippen LogP contribution is -2.55. The molecule has 0 aliphatic heterocycles. The lowest BCUT2D eigenvalue weighted by Gasteiger charge is -2.21. The van der Waals surface area contributed by atoms with Gasteiger partial charge in [0.05, 0.1) is 0 Å². The van der Waals surface area contributed by atoms with Crippen molar-refractivity contribution in [3.8, 4) is 0 Å². The summed E-state index contributed by atoms with van der Waals surface area (Å²) in [6.45, 7) is 0. The van der Waals surface area contributed by atoms with Gasteiger partial charge >= 0.3 is 24.0 Å². The van der Waals surface area contributed by atoms with Crippen molar-refractivity contribution < 1.29 is 36.6 Å². The molecule has 0 bridgehead atoms.